The van der Waals surface area contributed by atoms with E-state index < -0.39 is 0 Å². The van der Waals surface area contributed by atoms with Crippen molar-refractivity contribution in [1.82, 2.24) is 25.1 Å². The van der Waals surface area contributed by atoms with Crippen LogP contribution in [0, 0.1) is 0 Å². The van der Waals surface area contributed by atoms with Gasteiger partial charge in [-0.05, 0) is 58.3 Å². The molecular weight excluding hydrogens is 392 g/mol. The molecular formula is C23H34N6O2. The van der Waals surface area contributed by atoms with E-state index in [-0.39, 0.29) is 5.91 Å². The van der Waals surface area contributed by atoms with Gasteiger partial charge in [0, 0.05) is 38.3 Å². The number of oxazole rings is 1. The lowest BCUT2D eigenvalue weighted by Crippen LogP contribution is -2.47. The van der Waals surface area contributed by atoms with Crippen LogP contribution in [0.1, 0.15) is 49.3 Å². The van der Waals surface area contributed by atoms with Gasteiger partial charge in [-0.15, -0.1) is 0 Å². The van der Waals surface area contributed by atoms with Crippen LogP contribution < -0.4 is 10.2 Å². The van der Waals surface area contributed by atoms with E-state index in [0.717, 1.165) is 38.4 Å². The van der Waals surface area contributed by atoms with Crippen molar-refractivity contribution >= 4 is 11.7 Å². The fourth-order valence-electron chi connectivity index (χ4n) is 4.61. The quantitative estimate of drug-likeness (QED) is 0.760. The van der Waals surface area contributed by atoms with E-state index in [1.54, 1.807) is 6.07 Å². The third-order valence-electron chi connectivity index (χ3n) is 6.48. The summed E-state index contributed by atoms with van der Waals surface area (Å²) in [6.45, 7) is 11.4. The number of piperidine rings is 1. The molecule has 4 heterocycles. The maximum absolute atomic E-state index is 12.5. The molecule has 168 valence electrons. The molecule has 2 aromatic rings. The molecule has 4 rings (SSSR count). The van der Waals surface area contributed by atoms with E-state index in [2.05, 4.69) is 43.8 Å². The van der Waals surface area contributed by atoms with Gasteiger partial charge in [-0.3, -0.25) is 9.69 Å². The molecule has 0 aromatic carbocycles. The lowest BCUT2D eigenvalue weighted by molar-refractivity contribution is 0.0945. The van der Waals surface area contributed by atoms with Crippen LogP contribution in [0.3, 0.4) is 0 Å². The standard InChI is InChI=1S/C23H34N6O2/c1-18(2)27-11-7-20(8-12-27)28-9-4-10-29(14-13-28)22-6-3-5-21(26-22)23(30)24-15-19-16-31-17-25-19/h3,5-6,16-18,20H,4,7-15H2,1-2H3,(H,24,30). The van der Waals surface area contributed by atoms with Crippen LogP contribution >= 0.6 is 0 Å². The number of nitrogens with zero attached hydrogens (tertiary/aromatic N) is 5. The van der Waals surface area contributed by atoms with Gasteiger partial charge >= 0.3 is 0 Å². The largest absolute Gasteiger partial charge is 0.451 e. The highest BCUT2D eigenvalue weighted by Gasteiger charge is 2.27. The summed E-state index contributed by atoms with van der Waals surface area (Å²) in [5.74, 6) is 0.684. The number of carbonyl (C=O) groups is 1. The molecule has 2 aliphatic rings. The molecule has 8 nitrogen and oxygen atoms in total. The van der Waals surface area contributed by atoms with E-state index in [9.17, 15) is 4.79 Å². The molecule has 2 aromatic heterocycles. The van der Waals surface area contributed by atoms with Crippen molar-refractivity contribution in [3.05, 3.63) is 42.2 Å². The zero-order valence-electron chi connectivity index (χ0n) is 18.7. The Hall–Kier alpha value is -2.45. The second kappa shape index (κ2) is 10.2. The minimum absolute atomic E-state index is 0.196. The summed E-state index contributed by atoms with van der Waals surface area (Å²) in [4.78, 5) is 28.8. The number of hydrogen-bond donors (Lipinski definition) is 1. The number of nitrogens with one attached hydrogen (secondary N) is 1. The van der Waals surface area contributed by atoms with Crippen LogP contribution in [0.15, 0.2) is 35.3 Å². The highest BCUT2D eigenvalue weighted by atomic mass is 16.3. The molecule has 2 saturated heterocycles. The van der Waals surface area contributed by atoms with Gasteiger partial charge in [-0.2, -0.15) is 0 Å². The molecule has 2 aliphatic heterocycles. The monoisotopic (exact) mass is 426 g/mol. The first-order chi connectivity index (χ1) is 15.1. The second-order valence-electron chi connectivity index (χ2n) is 8.78. The summed E-state index contributed by atoms with van der Waals surface area (Å²) < 4.78 is 4.94. The smallest absolute Gasteiger partial charge is 0.270 e. The zero-order valence-corrected chi connectivity index (χ0v) is 18.7. The van der Waals surface area contributed by atoms with Crippen LogP contribution in [-0.2, 0) is 6.54 Å². The average molecular weight is 427 g/mol. The van der Waals surface area contributed by atoms with Gasteiger partial charge in [-0.25, -0.2) is 9.97 Å². The van der Waals surface area contributed by atoms with Crippen LogP contribution in [0.25, 0.3) is 0 Å². The van der Waals surface area contributed by atoms with Crippen molar-refractivity contribution in [2.45, 2.75) is 51.7 Å². The average Bonchev–Trinajstić information content (AvgIpc) is 3.20. The maximum Gasteiger partial charge on any atom is 0.270 e. The minimum atomic E-state index is -0.196. The van der Waals surface area contributed by atoms with E-state index in [0.29, 0.717) is 30.0 Å². The summed E-state index contributed by atoms with van der Waals surface area (Å²) >= 11 is 0. The number of likely N-dealkylation sites (tertiary alicyclic amines) is 1. The van der Waals surface area contributed by atoms with Crippen molar-refractivity contribution in [1.29, 1.82) is 0 Å². The van der Waals surface area contributed by atoms with Crippen molar-refractivity contribution in [2.75, 3.05) is 44.2 Å². The third kappa shape index (κ3) is 5.62. The number of carbonyl (C=O) groups excluding carboxylic acids is 1. The van der Waals surface area contributed by atoms with Crippen LogP contribution in [0.4, 0.5) is 5.82 Å². The first kappa shape index (κ1) is 21.8. The zero-order chi connectivity index (χ0) is 21.6. The summed E-state index contributed by atoms with van der Waals surface area (Å²) in [5, 5.41) is 2.85. The summed E-state index contributed by atoms with van der Waals surface area (Å²) in [6.07, 6.45) is 6.53. The van der Waals surface area contributed by atoms with Gasteiger partial charge < -0.3 is 19.5 Å². The number of hydrogen-bond acceptors (Lipinski definition) is 7. The Kier molecular flexibility index (Phi) is 7.19. The van der Waals surface area contributed by atoms with Gasteiger partial charge in [0.05, 0.1) is 12.2 Å². The topological polar surface area (TPSA) is 77.7 Å². The molecule has 0 saturated carbocycles. The van der Waals surface area contributed by atoms with Crippen molar-refractivity contribution < 1.29 is 9.21 Å². The van der Waals surface area contributed by atoms with E-state index >= 15 is 0 Å². The predicted octanol–water partition coefficient (Wildman–Crippen LogP) is 2.38. The van der Waals surface area contributed by atoms with Crippen molar-refractivity contribution in [3.63, 3.8) is 0 Å². The molecule has 0 atom stereocenters. The number of rotatable bonds is 6. The van der Waals surface area contributed by atoms with Crippen LogP contribution in [0.2, 0.25) is 0 Å². The normalized spacial score (nSPS) is 19.5. The number of aromatic nitrogens is 2. The van der Waals surface area contributed by atoms with Crippen LogP contribution in [-0.4, -0.2) is 77.0 Å². The Bertz CT molecular complexity index is 832. The Balaban J connectivity index is 1.32. The summed E-state index contributed by atoms with van der Waals surface area (Å²) in [6, 6.07) is 7.01. The van der Waals surface area contributed by atoms with Crippen LogP contribution in [0.5, 0.6) is 0 Å². The summed E-state index contributed by atoms with van der Waals surface area (Å²) in [5.41, 5.74) is 1.12. The first-order valence-corrected chi connectivity index (χ1v) is 11.5. The Morgan fingerprint density at radius 3 is 2.74 bits per heavy atom. The summed E-state index contributed by atoms with van der Waals surface area (Å²) in [7, 11) is 0. The van der Waals surface area contributed by atoms with Gasteiger partial charge in [0.2, 0.25) is 0 Å². The van der Waals surface area contributed by atoms with Crippen molar-refractivity contribution in [3.8, 4) is 0 Å². The molecule has 0 aliphatic carbocycles. The molecule has 0 bridgehead atoms. The van der Waals surface area contributed by atoms with E-state index in [1.165, 1.54) is 38.6 Å². The van der Waals surface area contributed by atoms with Gasteiger partial charge in [-0.1, -0.05) is 6.07 Å². The molecule has 0 radical (unpaired) electrons. The number of anilines is 1. The van der Waals surface area contributed by atoms with Crippen molar-refractivity contribution in [2.24, 2.45) is 0 Å². The highest BCUT2D eigenvalue weighted by molar-refractivity contribution is 5.92. The first-order valence-electron chi connectivity index (χ1n) is 11.5. The Morgan fingerprint density at radius 2 is 2.00 bits per heavy atom. The molecule has 1 amide bonds. The van der Waals surface area contributed by atoms with Gasteiger partial charge in [0.15, 0.2) is 6.39 Å². The van der Waals surface area contributed by atoms with Gasteiger partial charge in [0.25, 0.3) is 5.91 Å². The molecule has 1 N–H and O–H groups in total. The SMILES string of the molecule is CC(C)N1CCC(N2CCCN(c3cccc(C(=O)NCc4cocn4)n3)CC2)CC1. The molecule has 2 fully saturated rings. The molecule has 0 unspecified atom stereocenters. The Labute approximate surface area is 184 Å². The molecule has 0 spiro atoms. The molecule has 31 heavy (non-hydrogen) atoms. The fraction of sp³-hybridized carbons (Fsp3) is 0.609. The molecule has 8 heteroatoms. The number of amides is 1. The highest BCUT2D eigenvalue weighted by Crippen LogP contribution is 2.21. The Morgan fingerprint density at radius 1 is 1.16 bits per heavy atom. The predicted molar refractivity (Wildman–Crippen MR) is 120 cm³/mol. The van der Waals surface area contributed by atoms with E-state index in [4.69, 9.17) is 4.42 Å². The minimum Gasteiger partial charge on any atom is -0.451 e. The fourth-order valence-corrected chi connectivity index (χ4v) is 4.61. The number of pyridine rings is 1. The second-order valence-corrected chi connectivity index (χ2v) is 8.78. The maximum atomic E-state index is 12.5. The lowest BCUT2D eigenvalue weighted by Gasteiger charge is -2.39. The lowest BCUT2D eigenvalue weighted by atomic mass is 10.0. The van der Waals surface area contributed by atoms with Gasteiger partial charge in [0.1, 0.15) is 17.8 Å². The third-order valence-corrected chi connectivity index (χ3v) is 6.48. The van der Waals surface area contributed by atoms with E-state index in [1.807, 2.05) is 12.1 Å².